The molecule has 0 bridgehead atoms. The largest absolute Gasteiger partial charge is 0.311 e. The Kier molecular flexibility index (Phi) is 3.98. The Hall–Kier alpha value is 0.270. The van der Waals surface area contributed by atoms with E-state index in [1.54, 1.807) is 0 Å². The van der Waals surface area contributed by atoms with Crippen LogP contribution >= 0.6 is 11.8 Å². The van der Waals surface area contributed by atoms with Gasteiger partial charge in [0.2, 0.25) is 0 Å². The summed E-state index contributed by atoms with van der Waals surface area (Å²) in [5.74, 6) is 2.30. The average Bonchev–Trinajstić information content (AvgIpc) is 3.11. The topological polar surface area (TPSA) is 15.3 Å². The Labute approximate surface area is 110 Å². The van der Waals surface area contributed by atoms with Crippen LogP contribution in [0.4, 0.5) is 0 Å². The van der Waals surface area contributed by atoms with Crippen molar-refractivity contribution in [2.45, 2.75) is 56.4 Å². The molecule has 1 aliphatic heterocycles. The zero-order valence-corrected chi connectivity index (χ0v) is 11.8. The zero-order valence-electron chi connectivity index (χ0n) is 11.0. The van der Waals surface area contributed by atoms with Crippen molar-refractivity contribution in [1.82, 2.24) is 10.2 Å². The third kappa shape index (κ3) is 2.82. The fourth-order valence-corrected chi connectivity index (χ4v) is 4.94. The minimum Gasteiger partial charge on any atom is -0.311 e. The molecule has 0 spiro atoms. The van der Waals surface area contributed by atoms with Crippen LogP contribution in [0.15, 0.2) is 0 Å². The van der Waals surface area contributed by atoms with Crippen molar-refractivity contribution in [2.75, 3.05) is 25.4 Å². The molecule has 3 heteroatoms. The van der Waals surface area contributed by atoms with Crippen LogP contribution in [0.3, 0.4) is 0 Å². The molecule has 3 fully saturated rings. The maximum atomic E-state index is 3.73. The number of hydrogen-bond acceptors (Lipinski definition) is 3. The first-order chi connectivity index (χ1) is 8.38. The standard InChI is InChI=1S/C14H26N2S/c1-2-17-14-5-3-4-13(14)16-9-8-15-12(10-16)11-6-7-11/h11-15H,2-10H2,1H3. The van der Waals surface area contributed by atoms with E-state index in [2.05, 4.69) is 28.9 Å². The third-order valence-electron chi connectivity index (χ3n) is 4.70. The van der Waals surface area contributed by atoms with Gasteiger partial charge in [0, 0.05) is 37.0 Å². The number of piperazine rings is 1. The van der Waals surface area contributed by atoms with Crippen molar-refractivity contribution in [1.29, 1.82) is 0 Å². The number of nitrogens with one attached hydrogen (secondary N) is 1. The van der Waals surface area contributed by atoms with Crippen molar-refractivity contribution in [3.8, 4) is 0 Å². The first-order valence-corrected chi connectivity index (χ1v) is 8.52. The van der Waals surface area contributed by atoms with E-state index in [1.807, 2.05) is 0 Å². The lowest BCUT2D eigenvalue weighted by molar-refractivity contribution is 0.140. The molecule has 2 aliphatic carbocycles. The van der Waals surface area contributed by atoms with Gasteiger partial charge in [-0.3, -0.25) is 4.90 Å². The van der Waals surface area contributed by atoms with E-state index in [9.17, 15) is 0 Å². The van der Waals surface area contributed by atoms with Crippen LogP contribution in [0.5, 0.6) is 0 Å². The van der Waals surface area contributed by atoms with E-state index in [4.69, 9.17) is 0 Å². The molecule has 0 radical (unpaired) electrons. The molecular formula is C14H26N2S. The molecule has 17 heavy (non-hydrogen) atoms. The Morgan fingerprint density at radius 2 is 2.12 bits per heavy atom. The van der Waals surface area contributed by atoms with Gasteiger partial charge in [-0.15, -0.1) is 0 Å². The van der Waals surface area contributed by atoms with Gasteiger partial charge in [0.15, 0.2) is 0 Å². The Morgan fingerprint density at radius 3 is 2.88 bits per heavy atom. The van der Waals surface area contributed by atoms with Crippen LogP contribution in [0, 0.1) is 5.92 Å². The van der Waals surface area contributed by atoms with E-state index in [0.29, 0.717) is 0 Å². The monoisotopic (exact) mass is 254 g/mol. The summed E-state index contributed by atoms with van der Waals surface area (Å²) in [6, 6.07) is 1.71. The van der Waals surface area contributed by atoms with E-state index >= 15 is 0 Å². The van der Waals surface area contributed by atoms with Gasteiger partial charge in [0.1, 0.15) is 0 Å². The van der Waals surface area contributed by atoms with Gasteiger partial charge in [0.05, 0.1) is 0 Å². The highest BCUT2D eigenvalue weighted by molar-refractivity contribution is 7.99. The number of nitrogens with zero attached hydrogens (tertiary/aromatic N) is 1. The first kappa shape index (κ1) is 12.3. The van der Waals surface area contributed by atoms with Crippen LogP contribution < -0.4 is 5.32 Å². The predicted octanol–water partition coefficient (Wildman–Crippen LogP) is 2.34. The van der Waals surface area contributed by atoms with Crippen LogP contribution in [-0.2, 0) is 0 Å². The van der Waals surface area contributed by atoms with Crippen molar-refractivity contribution < 1.29 is 0 Å². The number of rotatable bonds is 4. The van der Waals surface area contributed by atoms with Gasteiger partial charge >= 0.3 is 0 Å². The van der Waals surface area contributed by atoms with Gasteiger partial charge in [0.25, 0.3) is 0 Å². The number of hydrogen-bond donors (Lipinski definition) is 1. The van der Waals surface area contributed by atoms with E-state index in [1.165, 1.54) is 57.5 Å². The van der Waals surface area contributed by atoms with Gasteiger partial charge < -0.3 is 5.32 Å². The Balaban J connectivity index is 1.58. The predicted molar refractivity (Wildman–Crippen MR) is 75.6 cm³/mol. The maximum Gasteiger partial charge on any atom is 0.0223 e. The summed E-state index contributed by atoms with van der Waals surface area (Å²) in [7, 11) is 0. The minimum absolute atomic E-state index is 0.816. The lowest BCUT2D eigenvalue weighted by Gasteiger charge is -2.39. The molecular weight excluding hydrogens is 228 g/mol. The molecule has 1 heterocycles. The molecule has 0 amide bonds. The molecule has 3 rings (SSSR count). The quantitative estimate of drug-likeness (QED) is 0.829. The SMILES string of the molecule is CCSC1CCCC1N1CCNC(C2CC2)C1. The molecule has 0 aromatic carbocycles. The van der Waals surface area contributed by atoms with Crippen molar-refractivity contribution >= 4 is 11.8 Å². The molecule has 0 aromatic heterocycles. The van der Waals surface area contributed by atoms with Crippen molar-refractivity contribution in [2.24, 2.45) is 5.92 Å². The molecule has 2 saturated carbocycles. The second-order valence-electron chi connectivity index (χ2n) is 5.89. The van der Waals surface area contributed by atoms with Crippen LogP contribution in [-0.4, -0.2) is 47.6 Å². The molecule has 1 saturated heterocycles. The van der Waals surface area contributed by atoms with Gasteiger partial charge in [-0.05, 0) is 37.4 Å². The van der Waals surface area contributed by atoms with Crippen LogP contribution in [0.25, 0.3) is 0 Å². The lowest BCUT2D eigenvalue weighted by Crippen LogP contribution is -2.55. The number of thioether (sulfide) groups is 1. The van der Waals surface area contributed by atoms with Crippen LogP contribution in [0.2, 0.25) is 0 Å². The van der Waals surface area contributed by atoms with Gasteiger partial charge in [-0.2, -0.15) is 11.8 Å². The zero-order chi connectivity index (χ0) is 11.7. The first-order valence-electron chi connectivity index (χ1n) is 7.47. The molecule has 0 aromatic rings. The molecule has 1 N–H and O–H groups in total. The van der Waals surface area contributed by atoms with Crippen molar-refractivity contribution in [3.63, 3.8) is 0 Å². The van der Waals surface area contributed by atoms with Gasteiger partial charge in [-0.1, -0.05) is 13.3 Å². The Bertz CT molecular complexity index is 255. The lowest BCUT2D eigenvalue weighted by atomic mass is 10.1. The molecule has 3 aliphatic rings. The van der Waals surface area contributed by atoms with E-state index < -0.39 is 0 Å². The fraction of sp³-hybridized carbons (Fsp3) is 1.00. The maximum absolute atomic E-state index is 3.73. The fourth-order valence-electron chi connectivity index (χ4n) is 3.65. The summed E-state index contributed by atoms with van der Waals surface area (Å²) >= 11 is 2.20. The van der Waals surface area contributed by atoms with Gasteiger partial charge in [-0.25, -0.2) is 0 Å². The summed E-state index contributed by atoms with van der Waals surface area (Å²) in [5.41, 5.74) is 0. The summed E-state index contributed by atoms with van der Waals surface area (Å²) in [6.45, 7) is 6.15. The highest BCUT2D eigenvalue weighted by Crippen LogP contribution is 2.37. The summed E-state index contributed by atoms with van der Waals surface area (Å²) in [5, 5.41) is 4.66. The van der Waals surface area contributed by atoms with Crippen molar-refractivity contribution in [3.05, 3.63) is 0 Å². The third-order valence-corrected chi connectivity index (χ3v) is 6.01. The van der Waals surface area contributed by atoms with E-state index in [-0.39, 0.29) is 0 Å². The highest BCUT2D eigenvalue weighted by Gasteiger charge is 2.38. The van der Waals surface area contributed by atoms with E-state index in [0.717, 1.165) is 23.3 Å². The smallest absolute Gasteiger partial charge is 0.0223 e. The average molecular weight is 254 g/mol. The summed E-state index contributed by atoms with van der Waals surface area (Å²) in [6.07, 6.45) is 7.32. The highest BCUT2D eigenvalue weighted by atomic mass is 32.2. The normalized spacial score (nSPS) is 39.7. The summed E-state index contributed by atoms with van der Waals surface area (Å²) in [4.78, 5) is 2.82. The molecule has 2 nitrogen and oxygen atoms in total. The molecule has 98 valence electrons. The second kappa shape index (κ2) is 5.50. The minimum atomic E-state index is 0.816. The second-order valence-corrected chi connectivity index (χ2v) is 7.40. The molecule has 3 unspecified atom stereocenters. The summed E-state index contributed by atoms with van der Waals surface area (Å²) < 4.78 is 0. The Morgan fingerprint density at radius 1 is 1.24 bits per heavy atom. The van der Waals surface area contributed by atoms with Crippen LogP contribution in [0.1, 0.15) is 39.0 Å². The molecule has 3 atom stereocenters.